The van der Waals surface area contributed by atoms with Crippen LogP contribution in [0.5, 0.6) is 0 Å². The zero-order chi connectivity index (χ0) is 15.5. The van der Waals surface area contributed by atoms with Crippen molar-refractivity contribution < 1.29 is 9.72 Å². The van der Waals surface area contributed by atoms with E-state index in [1.165, 1.54) is 16.8 Å². The predicted octanol–water partition coefficient (Wildman–Crippen LogP) is 2.66. The van der Waals surface area contributed by atoms with Crippen molar-refractivity contribution in [3.8, 4) is 16.9 Å². The Morgan fingerprint density at radius 3 is 2.50 bits per heavy atom. The SMILES string of the molecule is O=Cc1ccccc1-c1cn(-c2ccc([N+](=O)[O-])cc2)nn1. The molecule has 3 rings (SSSR count). The number of benzene rings is 2. The van der Waals surface area contributed by atoms with Crippen LogP contribution in [0.1, 0.15) is 10.4 Å². The Morgan fingerprint density at radius 1 is 1.09 bits per heavy atom. The summed E-state index contributed by atoms with van der Waals surface area (Å²) in [5.74, 6) is 0. The maximum absolute atomic E-state index is 11.1. The summed E-state index contributed by atoms with van der Waals surface area (Å²) in [7, 11) is 0. The molecule has 7 nitrogen and oxygen atoms in total. The first kappa shape index (κ1) is 13.6. The first-order valence-corrected chi connectivity index (χ1v) is 6.41. The summed E-state index contributed by atoms with van der Waals surface area (Å²) in [4.78, 5) is 21.2. The summed E-state index contributed by atoms with van der Waals surface area (Å²) >= 11 is 0. The number of nitrogens with zero attached hydrogens (tertiary/aromatic N) is 4. The summed E-state index contributed by atoms with van der Waals surface area (Å²) < 4.78 is 1.50. The Labute approximate surface area is 125 Å². The minimum Gasteiger partial charge on any atom is -0.298 e. The van der Waals surface area contributed by atoms with E-state index in [9.17, 15) is 14.9 Å². The second-order valence-electron chi connectivity index (χ2n) is 4.53. The number of aldehydes is 1. The molecule has 7 heteroatoms. The molecule has 1 heterocycles. The van der Waals surface area contributed by atoms with Gasteiger partial charge in [0.25, 0.3) is 5.69 Å². The van der Waals surface area contributed by atoms with Crippen molar-refractivity contribution in [2.75, 3.05) is 0 Å². The lowest BCUT2D eigenvalue weighted by atomic mass is 10.1. The molecule has 0 saturated carbocycles. The molecular formula is C15H10N4O3. The molecule has 0 aliphatic heterocycles. The number of rotatable bonds is 4. The van der Waals surface area contributed by atoms with E-state index in [0.29, 0.717) is 22.5 Å². The number of non-ortho nitro benzene ring substituents is 1. The maximum atomic E-state index is 11.1. The average molecular weight is 294 g/mol. The Morgan fingerprint density at radius 2 is 1.82 bits per heavy atom. The van der Waals surface area contributed by atoms with Crippen molar-refractivity contribution in [1.82, 2.24) is 15.0 Å². The van der Waals surface area contributed by atoms with Gasteiger partial charge in [-0.05, 0) is 12.1 Å². The van der Waals surface area contributed by atoms with Crippen LogP contribution in [0.25, 0.3) is 16.9 Å². The van der Waals surface area contributed by atoms with Crippen LogP contribution < -0.4 is 0 Å². The van der Waals surface area contributed by atoms with Crippen LogP contribution in [-0.4, -0.2) is 26.2 Å². The highest BCUT2D eigenvalue weighted by Gasteiger charge is 2.10. The van der Waals surface area contributed by atoms with E-state index in [2.05, 4.69) is 10.3 Å². The van der Waals surface area contributed by atoms with Gasteiger partial charge < -0.3 is 0 Å². The molecule has 0 atom stereocenters. The second-order valence-corrected chi connectivity index (χ2v) is 4.53. The third-order valence-corrected chi connectivity index (χ3v) is 3.18. The summed E-state index contributed by atoms with van der Waals surface area (Å²) in [6.45, 7) is 0. The van der Waals surface area contributed by atoms with Crippen LogP contribution in [0.2, 0.25) is 0 Å². The van der Waals surface area contributed by atoms with Crippen LogP contribution in [0.4, 0.5) is 5.69 Å². The molecule has 108 valence electrons. The molecule has 0 N–H and O–H groups in total. The van der Waals surface area contributed by atoms with Crippen molar-refractivity contribution in [3.05, 3.63) is 70.4 Å². The molecule has 0 unspecified atom stereocenters. The van der Waals surface area contributed by atoms with Crippen LogP contribution in [-0.2, 0) is 0 Å². The summed E-state index contributed by atoms with van der Waals surface area (Å²) in [5, 5.41) is 18.7. The molecule has 0 aliphatic carbocycles. The normalized spacial score (nSPS) is 10.4. The molecule has 3 aromatic rings. The monoisotopic (exact) mass is 294 g/mol. The Hall–Kier alpha value is -3.35. The molecule has 0 amide bonds. The topological polar surface area (TPSA) is 90.9 Å². The third kappa shape index (κ3) is 2.47. The smallest absolute Gasteiger partial charge is 0.269 e. The lowest BCUT2D eigenvalue weighted by molar-refractivity contribution is -0.384. The fraction of sp³-hybridized carbons (Fsp3) is 0. The van der Waals surface area contributed by atoms with Crippen molar-refractivity contribution in [3.63, 3.8) is 0 Å². The van der Waals surface area contributed by atoms with Crippen LogP contribution in [0.3, 0.4) is 0 Å². The van der Waals surface area contributed by atoms with Gasteiger partial charge in [0.2, 0.25) is 0 Å². The van der Waals surface area contributed by atoms with Gasteiger partial charge in [0.05, 0.1) is 16.8 Å². The van der Waals surface area contributed by atoms with Gasteiger partial charge in [-0.1, -0.05) is 29.5 Å². The number of carbonyl (C=O) groups is 1. The van der Waals surface area contributed by atoms with Gasteiger partial charge in [-0.15, -0.1) is 5.10 Å². The van der Waals surface area contributed by atoms with E-state index in [1.54, 1.807) is 36.5 Å². The largest absolute Gasteiger partial charge is 0.298 e. The van der Waals surface area contributed by atoms with Crippen LogP contribution in [0.15, 0.2) is 54.7 Å². The fourth-order valence-corrected chi connectivity index (χ4v) is 2.07. The van der Waals surface area contributed by atoms with Crippen molar-refractivity contribution in [2.24, 2.45) is 0 Å². The summed E-state index contributed by atoms with van der Waals surface area (Å²) in [5.41, 5.74) is 2.42. The Bertz CT molecular complexity index is 840. The fourth-order valence-electron chi connectivity index (χ4n) is 2.07. The van der Waals surface area contributed by atoms with Gasteiger partial charge in [0.1, 0.15) is 5.69 Å². The average Bonchev–Trinajstić information content (AvgIpc) is 3.04. The zero-order valence-corrected chi connectivity index (χ0v) is 11.3. The Kier molecular flexibility index (Phi) is 3.45. The lowest BCUT2D eigenvalue weighted by Gasteiger charge is -2.00. The van der Waals surface area contributed by atoms with Gasteiger partial charge in [0, 0.05) is 23.3 Å². The molecule has 0 fully saturated rings. The predicted molar refractivity (Wildman–Crippen MR) is 78.8 cm³/mol. The summed E-state index contributed by atoms with van der Waals surface area (Å²) in [6, 6.07) is 13.0. The number of hydrogen-bond donors (Lipinski definition) is 0. The number of nitro groups is 1. The Balaban J connectivity index is 1.97. The van der Waals surface area contributed by atoms with Gasteiger partial charge in [-0.3, -0.25) is 14.9 Å². The molecule has 1 aromatic heterocycles. The van der Waals surface area contributed by atoms with Crippen LogP contribution >= 0.6 is 0 Å². The number of aromatic nitrogens is 3. The molecule has 0 radical (unpaired) electrons. The molecule has 2 aromatic carbocycles. The zero-order valence-electron chi connectivity index (χ0n) is 11.3. The maximum Gasteiger partial charge on any atom is 0.269 e. The minimum atomic E-state index is -0.461. The first-order chi connectivity index (χ1) is 10.7. The van der Waals surface area contributed by atoms with Gasteiger partial charge in [-0.25, -0.2) is 4.68 Å². The van der Waals surface area contributed by atoms with Crippen molar-refractivity contribution >= 4 is 12.0 Å². The van der Waals surface area contributed by atoms with E-state index in [1.807, 2.05) is 6.07 Å². The molecule has 0 spiro atoms. The van der Waals surface area contributed by atoms with Gasteiger partial charge >= 0.3 is 0 Å². The molecule has 0 aliphatic rings. The van der Waals surface area contributed by atoms with E-state index < -0.39 is 4.92 Å². The standard InChI is InChI=1S/C15H10N4O3/c20-10-11-3-1-2-4-14(11)15-9-18(17-16-15)12-5-7-13(8-6-12)19(21)22/h1-10H. The van der Waals surface area contributed by atoms with E-state index >= 15 is 0 Å². The minimum absolute atomic E-state index is 0.00962. The van der Waals surface area contributed by atoms with E-state index in [-0.39, 0.29) is 5.69 Å². The highest BCUT2D eigenvalue weighted by Crippen LogP contribution is 2.21. The second kappa shape index (κ2) is 5.57. The van der Waals surface area contributed by atoms with Crippen molar-refractivity contribution in [1.29, 1.82) is 0 Å². The molecule has 22 heavy (non-hydrogen) atoms. The van der Waals surface area contributed by atoms with E-state index in [0.717, 1.165) is 6.29 Å². The first-order valence-electron chi connectivity index (χ1n) is 6.41. The molecule has 0 saturated heterocycles. The third-order valence-electron chi connectivity index (χ3n) is 3.18. The van der Waals surface area contributed by atoms with Gasteiger partial charge in [0.15, 0.2) is 6.29 Å². The van der Waals surface area contributed by atoms with Crippen LogP contribution in [0, 0.1) is 10.1 Å². The number of hydrogen-bond acceptors (Lipinski definition) is 5. The van der Waals surface area contributed by atoms with E-state index in [4.69, 9.17) is 0 Å². The van der Waals surface area contributed by atoms with Crippen molar-refractivity contribution in [2.45, 2.75) is 0 Å². The quantitative estimate of drug-likeness (QED) is 0.419. The highest BCUT2D eigenvalue weighted by atomic mass is 16.6. The highest BCUT2D eigenvalue weighted by molar-refractivity contribution is 5.86. The molecule has 0 bridgehead atoms. The molecular weight excluding hydrogens is 284 g/mol. The summed E-state index contributed by atoms with van der Waals surface area (Å²) in [6.07, 6.45) is 2.43. The van der Waals surface area contributed by atoms with Gasteiger partial charge in [-0.2, -0.15) is 0 Å². The lowest BCUT2D eigenvalue weighted by Crippen LogP contribution is -1.95. The number of nitro benzene ring substituents is 1. The number of carbonyl (C=O) groups excluding carboxylic acids is 1.